The summed E-state index contributed by atoms with van der Waals surface area (Å²) in [6.07, 6.45) is 1.47. The fourth-order valence-corrected chi connectivity index (χ4v) is 0.582. The predicted molar refractivity (Wildman–Crippen MR) is 34.1 cm³/mol. The Morgan fingerprint density at radius 1 is 1.38 bits per heavy atom. The number of nitrogens with zero attached hydrogens (tertiary/aromatic N) is 2. The summed E-state index contributed by atoms with van der Waals surface area (Å²) in [5.41, 5.74) is 5.28. The molecule has 0 unspecified atom stereocenters. The number of hydrogen-bond acceptors (Lipinski definition) is 3. The van der Waals surface area contributed by atoms with Gasteiger partial charge in [-0.05, 0) is 0 Å². The van der Waals surface area contributed by atoms with Crippen molar-refractivity contribution in [1.82, 2.24) is 0 Å². The summed E-state index contributed by atoms with van der Waals surface area (Å²) in [7, 11) is 0. The van der Waals surface area contributed by atoms with Gasteiger partial charge < -0.3 is 5.73 Å². The topological polar surface area (TPSA) is 50.7 Å². The maximum atomic E-state index is 5.47. The normalized spacial score (nSPS) is 19.6. The van der Waals surface area contributed by atoms with E-state index in [1.54, 1.807) is 0 Å². The molecule has 0 saturated carbocycles. The van der Waals surface area contributed by atoms with Gasteiger partial charge in [0.05, 0.1) is 0 Å². The van der Waals surface area contributed by atoms with Crippen LogP contribution in [0.2, 0.25) is 0 Å². The molecule has 0 spiro atoms. The van der Waals surface area contributed by atoms with Crippen LogP contribution in [0.25, 0.3) is 0 Å². The molecule has 44 valence electrons. The lowest BCUT2D eigenvalue weighted by Gasteiger charge is -2.00. The Kier molecular flexibility index (Phi) is 1.48. The fourth-order valence-electron chi connectivity index (χ4n) is 0.450. The van der Waals surface area contributed by atoms with Crippen LogP contribution in [0.4, 0.5) is 0 Å². The summed E-state index contributed by atoms with van der Waals surface area (Å²) in [5, 5.41) is 7.66. The molecule has 2 N–H and O–H groups in total. The highest BCUT2D eigenvalue weighted by molar-refractivity contribution is 6.65. The Morgan fingerprint density at radius 3 is 2.50 bits per heavy atom. The van der Waals surface area contributed by atoms with Crippen molar-refractivity contribution in [2.45, 2.75) is 12.8 Å². The zero-order chi connectivity index (χ0) is 5.98. The molecule has 0 atom stereocenters. The molecule has 0 aromatic heterocycles. The lowest BCUT2D eigenvalue weighted by molar-refractivity contribution is 1.04. The summed E-state index contributed by atoms with van der Waals surface area (Å²) < 4.78 is 0. The second-order valence-corrected chi connectivity index (χ2v) is 2.00. The van der Waals surface area contributed by atoms with Crippen LogP contribution in [-0.4, -0.2) is 11.0 Å². The number of hydrogen-bond donors (Lipinski definition) is 1. The minimum Gasteiger partial charge on any atom is -0.386 e. The van der Waals surface area contributed by atoms with Gasteiger partial charge in [-0.15, -0.1) is 10.2 Å². The number of amidine groups is 1. The molecule has 0 aliphatic carbocycles. The number of nitrogens with two attached hydrogens (primary N) is 1. The maximum Gasteiger partial charge on any atom is 0.129 e. The van der Waals surface area contributed by atoms with Crippen molar-refractivity contribution < 1.29 is 0 Å². The molecule has 8 heavy (non-hydrogen) atoms. The van der Waals surface area contributed by atoms with Crippen LogP contribution < -0.4 is 5.73 Å². The number of halogens is 1. The van der Waals surface area contributed by atoms with E-state index in [0.717, 1.165) is 12.8 Å². The smallest absolute Gasteiger partial charge is 0.129 e. The van der Waals surface area contributed by atoms with Crippen molar-refractivity contribution in [3.8, 4) is 0 Å². The van der Waals surface area contributed by atoms with E-state index < -0.39 is 0 Å². The molecule has 0 saturated heterocycles. The first-order chi connectivity index (χ1) is 3.79. The summed E-state index contributed by atoms with van der Waals surface area (Å²) in [6, 6.07) is 0. The van der Waals surface area contributed by atoms with Crippen LogP contribution in [0, 0.1) is 0 Å². The van der Waals surface area contributed by atoms with Gasteiger partial charge in [-0.1, -0.05) is 11.6 Å². The molecule has 3 nitrogen and oxygen atoms in total. The molecule has 0 aromatic carbocycles. The van der Waals surface area contributed by atoms with Crippen LogP contribution in [0.1, 0.15) is 12.8 Å². The zero-order valence-corrected chi connectivity index (χ0v) is 5.02. The summed E-state index contributed by atoms with van der Waals surface area (Å²) in [5.74, 6) is 0.564. The second kappa shape index (κ2) is 2.13. The van der Waals surface area contributed by atoms with Gasteiger partial charge >= 0.3 is 0 Å². The quantitative estimate of drug-likeness (QED) is 0.517. The highest BCUT2D eigenvalue weighted by Gasteiger charge is 2.02. The summed E-state index contributed by atoms with van der Waals surface area (Å²) in [4.78, 5) is 0. The second-order valence-electron chi connectivity index (χ2n) is 1.57. The zero-order valence-electron chi connectivity index (χ0n) is 4.26. The Hall–Kier alpha value is -0.570. The molecule has 0 radical (unpaired) electrons. The van der Waals surface area contributed by atoms with E-state index in [2.05, 4.69) is 10.2 Å². The lowest BCUT2D eigenvalue weighted by Crippen LogP contribution is -2.14. The summed E-state index contributed by atoms with van der Waals surface area (Å²) >= 11 is 5.47. The lowest BCUT2D eigenvalue weighted by atomic mass is 10.3. The van der Waals surface area contributed by atoms with Gasteiger partial charge in [0.2, 0.25) is 0 Å². The molecule has 1 aliphatic heterocycles. The van der Waals surface area contributed by atoms with E-state index in [-0.39, 0.29) is 0 Å². The van der Waals surface area contributed by atoms with Crippen molar-refractivity contribution in [2.24, 2.45) is 15.9 Å². The van der Waals surface area contributed by atoms with Gasteiger partial charge in [-0.3, -0.25) is 0 Å². The van der Waals surface area contributed by atoms with Gasteiger partial charge in [0.15, 0.2) is 0 Å². The Bertz CT molecular complexity index is 131. The SMILES string of the molecule is NC1=NN=C(Cl)CC1. The third-order valence-electron chi connectivity index (χ3n) is 0.874. The molecule has 4 heteroatoms. The fraction of sp³-hybridized carbons (Fsp3) is 0.500. The molecular weight excluding hydrogens is 126 g/mol. The summed E-state index contributed by atoms with van der Waals surface area (Å²) in [6.45, 7) is 0. The van der Waals surface area contributed by atoms with E-state index in [9.17, 15) is 0 Å². The average molecular weight is 132 g/mol. The van der Waals surface area contributed by atoms with Crippen LogP contribution in [-0.2, 0) is 0 Å². The Balaban J connectivity index is 2.65. The first-order valence-electron chi connectivity index (χ1n) is 2.33. The highest BCUT2D eigenvalue weighted by Crippen LogP contribution is 2.03. The van der Waals surface area contributed by atoms with Gasteiger partial charge in [0.1, 0.15) is 11.0 Å². The average Bonchev–Trinajstić information content (AvgIpc) is 1.77. The van der Waals surface area contributed by atoms with Crippen molar-refractivity contribution in [3.05, 3.63) is 0 Å². The van der Waals surface area contributed by atoms with E-state index in [4.69, 9.17) is 17.3 Å². The molecule has 1 rings (SSSR count). The first kappa shape index (κ1) is 5.56. The standard InChI is InChI=1S/C4H6ClN3/c5-3-1-2-4(6)8-7-3/h1-2H2,(H2,6,8). The van der Waals surface area contributed by atoms with E-state index in [1.807, 2.05) is 0 Å². The monoisotopic (exact) mass is 131 g/mol. The van der Waals surface area contributed by atoms with Crippen molar-refractivity contribution in [2.75, 3.05) is 0 Å². The van der Waals surface area contributed by atoms with Gasteiger partial charge in [0, 0.05) is 12.8 Å². The van der Waals surface area contributed by atoms with Crippen molar-refractivity contribution in [3.63, 3.8) is 0 Å². The molecule has 0 amide bonds. The van der Waals surface area contributed by atoms with E-state index >= 15 is 0 Å². The third kappa shape index (κ3) is 1.20. The van der Waals surface area contributed by atoms with Crippen LogP contribution in [0.5, 0.6) is 0 Å². The van der Waals surface area contributed by atoms with E-state index in [1.165, 1.54) is 0 Å². The minimum absolute atomic E-state index is 0.541. The Labute approximate surface area is 52.2 Å². The Morgan fingerprint density at radius 2 is 2.12 bits per heavy atom. The third-order valence-corrected chi connectivity index (χ3v) is 1.14. The minimum atomic E-state index is 0.541. The van der Waals surface area contributed by atoms with Gasteiger partial charge in [-0.2, -0.15) is 0 Å². The molecular formula is C4H6ClN3. The molecule has 0 aromatic rings. The highest BCUT2D eigenvalue weighted by atomic mass is 35.5. The predicted octanol–water partition coefficient (Wildman–Crippen LogP) is 0.690. The van der Waals surface area contributed by atoms with Crippen molar-refractivity contribution in [1.29, 1.82) is 0 Å². The molecule has 0 bridgehead atoms. The van der Waals surface area contributed by atoms with Crippen molar-refractivity contribution >= 4 is 22.6 Å². The molecule has 1 aliphatic rings. The van der Waals surface area contributed by atoms with Crippen LogP contribution in [0.3, 0.4) is 0 Å². The van der Waals surface area contributed by atoms with Crippen LogP contribution >= 0.6 is 11.6 Å². The van der Waals surface area contributed by atoms with Gasteiger partial charge in [0.25, 0.3) is 0 Å². The van der Waals surface area contributed by atoms with Gasteiger partial charge in [-0.25, -0.2) is 0 Å². The molecule has 1 heterocycles. The van der Waals surface area contributed by atoms with E-state index in [0.29, 0.717) is 11.0 Å². The largest absolute Gasteiger partial charge is 0.386 e. The maximum absolute atomic E-state index is 5.47. The van der Waals surface area contributed by atoms with Crippen LogP contribution in [0.15, 0.2) is 10.2 Å². The first-order valence-corrected chi connectivity index (χ1v) is 2.71. The number of rotatable bonds is 0. The molecule has 0 fully saturated rings.